The molecule has 6 nitrogen and oxygen atoms in total. The number of ether oxygens (including phenoxy) is 3. The van der Waals surface area contributed by atoms with Gasteiger partial charge in [-0.2, -0.15) is 0 Å². The van der Waals surface area contributed by atoms with Gasteiger partial charge in [-0.05, 0) is 70.6 Å². The van der Waals surface area contributed by atoms with Crippen molar-refractivity contribution in [2.24, 2.45) is 0 Å². The van der Waals surface area contributed by atoms with E-state index in [1.54, 1.807) is 0 Å². The monoisotopic (exact) mass is 823 g/mol. The van der Waals surface area contributed by atoms with Gasteiger partial charge >= 0.3 is 17.9 Å². The molecule has 0 aliphatic rings. The minimum absolute atomic E-state index is 0.0924. The van der Waals surface area contributed by atoms with Crippen molar-refractivity contribution in [1.82, 2.24) is 0 Å². The maximum atomic E-state index is 12.8. The Bertz CT molecular complexity index is 1130. The van der Waals surface area contributed by atoms with Crippen LogP contribution in [0.15, 0.2) is 72.9 Å². The normalized spacial score (nSPS) is 12.7. The molecule has 0 fully saturated rings. The predicted molar refractivity (Wildman–Crippen MR) is 251 cm³/mol. The van der Waals surface area contributed by atoms with Gasteiger partial charge in [0.05, 0.1) is 0 Å². The summed E-state index contributed by atoms with van der Waals surface area (Å²) in [5, 5.41) is 0. The number of rotatable bonds is 43. The van der Waals surface area contributed by atoms with Crippen LogP contribution < -0.4 is 0 Å². The van der Waals surface area contributed by atoms with Crippen molar-refractivity contribution in [1.29, 1.82) is 0 Å². The molecule has 338 valence electrons. The number of unbranched alkanes of at least 4 members (excludes halogenated alkanes) is 22. The molecule has 0 saturated heterocycles. The van der Waals surface area contributed by atoms with Gasteiger partial charge in [0, 0.05) is 19.3 Å². The van der Waals surface area contributed by atoms with Crippen molar-refractivity contribution in [2.45, 2.75) is 232 Å². The lowest BCUT2D eigenvalue weighted by Crippen LogP contribution is -2.30. The first-order valence-electron chi connectivity index (χ1n) is 24.5. The van der Waals surface area contributed by atoms with Crippen LogP contribution in [-0.4, -0.2) is 37.2 Å². The lowest BCUT2D eigenvalue weighted by atomic mass is 10.0. The fourth-order valence-corrected chi connectivity index (χ4v) is 6.63. The quantitative estimate of drug-likeness (QED) is 0.0200. The average Bonchev–Trinajstić information content (AvgIpc) is 3.23. The maximum Gasteiger partial charge on any atom is 0.306 e. The van der Waals surface area contributed by atoms with Crippen molar-refractivity contribution in [2.75, 3.05) is 13.2 Å². The Kier molecular flexibility index (Phi) is 45.0. The third-order valence-electron chi connectivity index (χ3n) is 10.3. The van der Waals surface area contributed by atoms with Crippen molar-refractivity contribution in [3.05, 3.63) is 72.9 Å². The highest BCUT2D eigenvalue weighted by Gasteiger charge is 2.19. The molecule has 0 aliphatic carbocycles. The molecule has 0 heterocycles. The number of carbonyl (C=O) groups is 3. The third-order valence-corrected chi connectivity index (χ3v) is 10.3. The van der Waals surface area contributed by atoms with Crippen LogP contribution in [0.1, 0.15) is 226 Å². The number of allylic oxidation sites excluding steroid dienone is 12. The molecule has 0 bridgehead atoms. The minimum Gasteiger partial charge on any atom is -0.462 e. The lowest BCUT2D eigenvalue weighted by Gasteiger charge is -2.18. The van der Waals surface area contributed by atoms with Crippen LogP contribution in [0.25, 0.3) is 0 Å². The first kappa shape index (κ1) is 55.9. The van der Waals surface area contributed by atoms with Gasteiger partial charge in [-0.15, -0.1) is 0 Å². The predicted octanol–water partition coefficient (Wildman–Crippen LogP) is 15.9. The lowest BCUT2D eigenvalue weighted by molar-refractivity contribution is -0.167. The highest BCUT2D eigenvalue weighted by atomic mass is 16.6. The van der Waals surface area contributed by atoms with Crippen LogP contribution in [0.5, 0.6) is 0 Å². The molecule has 0 aromatic carbocycles. The second-order valence-electron chi connectivity index (χ2n) is 16.0. The van der Waals surface area contributed by atoms with Gasteiger partial charge in [0.1, 0.15) is 13.2 Å². The Morgan fingerprint density at radius 3 is 1.22 bits per heavy atom. The van der Waals surface area contributed by atoms with Crippen LogP contribution in [0.2, 0.25) is 0 Å². The van der Waals surface area contributed by atoms with Gasteiger partial charge in [0.25, 0.3) is 0 Å². The number of esters is 3. The second kappa shape index (κ2) is 47.5. The van der Waals surface area contributed by atoms with E-state index in [1.807, 2.05) is 0 Å². The van der Waals surface area contributed by atoms with E-state index in [9.17, 15) is 14.4 Å². The molecule has 6 heteroatoms. The second-order valence-corrected chi connectivity index (χ2v) is 16.0. The van der Waals surface area contributed by atoms with Crippen molar-refractivity contribution in [3.8, 4) is 0 Å². The molecule has 0 saturated carbocycles. The first-order chi connectivity index (χ1) is 29.0. The summed E-state index contributed by atoms with van der Waals surface area (Å²) in [5.74, 6) is -0.933. The smallest absolute Gasteiger partial charge is 0.306 e. The third kappa shape index (κ3) is 45.8. The minimum atomic E-state index is -0.790. The van der Waals surface area contributed by atoms with Gasteiger partial charge in [-0.1, -0.05) is 209 Å². The molecule has 0 amide bonds. The van der Waals surface area contributed by atoms with E-state index in [4.69, 9.17) is 14.2 Å². The standard InChI is InChI=1S/C53H90O6/c1-4-7-10-13-16-19-22-25-28-31-34-37-40-43-46-52(55)58-49-50(48-57-51(54)45-42-39-36-33-30-27-24-21-18-15-12-9-6-3)59-53(56)47-44-41-38-35-32-29-26-23-20-17-14-11-8-5-2/h7,9-10,12,15-16,18-19,21,24-25,28,50H,4-6,8,11,13-14,17,20,22-23,26-27,29-49H2,1-3H3/b10-7+,12-9+,18-15+,19-16+,24-21+,28-25+. The first-order valence-corrected chi connectivity index (χ1v) is 24.5. The summed E-state index contributed by atoms with van der Waals surface area (Å²) >= 11 is 0. The number of hydrogen-bond donors (Lipinski definition) is 0. The van der Waals surface area contributed by atoms with Gasteiger partial charge in [0.2, 0.25) is 0 Å². The Labute approximate surface area is 363 Å². The molecule has 0 aromatic rings. The van der Waals surface area contributed by atoms with Crippen LogP contribution in [0.3, 0.4) is 0 Å². The molecule has 1 unspecified atom stereocenters. The number of hydrogen-bond acceptors (Lipinski definition) is 6. The Hall–Kier alpha value is -3.15. The van der Waals surface area contributed by atoms with E-state index in [-0.39, 0.29) is 31.1 Å². The van der Waals surface area contributed by atoms with E-state index in [0.29, 0.717) is 19.3 Å². The molecule has 1 atom stereocenters. The van der Waals surface area contributed by atoms with E-state index in [1.165, 1.54) is 70.6 Å². The maximum absolute atomic E-state index is 12.8. The van der Waals surface area contributed by atoms with Gasteiger partial charge in [-0.25, -0.2) is 0 Å². The summed E-state index contributed by atoms with van der Waals surface area (Å²) in [6, 6.07) is 0. The largest absolute Gasteiger partial charge is 0.462 e. The summed E-state index contributed by atoms with van der Waals surface area (Å²) in [7, 11) is 0. The summed E-state index contributed by atoms with van der Waals surface area (Å²) in [5.41, 5.74) is 0. The van der Waals surface area contributed by atoms with E-state index in [2.05, 4.69) is 93.7 Å². The van der Waals surface area contributed by atoms with E-state index >= 15 is 0 Å². The van der Waals surface area contributed by atoms with Crippen LogP contribution >= 0.6 is 0 Å². The van der Waals surface area contributed by atoms with Gasteiger partial charge in [0.15, 0.2) is 6.10 Å². The molecule has 0 spiro atoms. The molecule has 0 aromatic heterocycles. The summed E-state index contributed by atoms with van der Waals surface area (Å²) in [6.45, 7) is 6.35. The topological polar surface area (TPSA) is 78.9 Å². The van der Waals surface area contributed by atoms with Gasteiger partial charge < -0.3 is 14.2 Å². The molecule has 0 aliphatic heterocycles. The molecule has 0 N–H and O–H groups in total. The summed E-state index contributed by atoms with van der Waals surface area (Å²) < 4.78 is 16.7. The highest BCUT2D eigenvalue weighted by molar-refractivity contribution is 5.71. The zero-order chi connectivity index (χ0) is 43.0. The molecular weight excluding hydrogens is 733 g/mol. The summed E-state index contributed by atoms with van der Waals surface area (Å²) in [4.78, 5) is 37.9. The van der Waals surface area contributed by atoms with E-state index < -0.39 is 6.10 Å². The average molecular weight is 823 g/mol. The highest BCUT2D eigenvalue weighted by Crippen LogP contribution is 2.15. The fraction of sp³-hybridized carbons (Fsp3) is 0.717. The van der Waals surface area contributed by atoms with Crippen molar-refractivity contribution < 1.29 is 28.6 Å². The zero-order valence-corrected chi connectivity index (χ0v) is 38.5. The molecular formula is C53H90O6. The van der Waals surface area contributed by atoms with Crippen molar-refractivity contribution in [3.63, 3.8) is 0 Å². The molecule has 0 rings (SSSR count). The summed E-state index contributed by atoms with van der Waals surface area (Å²) in [6.07, 6.45) is 58.8. The molecule has 0 radical (unpaired) electrons. The number of carbonyl (C=O) groups excluding carboxylic acids is 3. The SMILES string of the molecule is CC/C=C/C=C/C=C/CCCCCCCC(=O)OCC(COC(=O)CCCCCC/C=C/C/C=C/C/C=C/CC)OC(=O)CCCCCCCCCCCCCCCC. The molecule has 59 heavy (non-hydrogen) atoms. The van der Waals surface area contributed by atoms with Crippen molar-refractivity contribution >= 4 is 17.9 Å². The van der Waals surface area contributed by atoms with E-state index in [0.717, 1.165) is 116 Å². The fourth-order valence-electron chi connectivity index (χ4n) is 6.63. The Morgan fingerprint density at radius 2 is 0.746 bits per heavy atom. The van der Waals surface area contributed by atoms with Crippen LogP contribution in [-0.2, 0) is 28.6 Å². The Balaban J connectivity index is 4.44. The van der Waals surface area contributed by atoms with Crippen LogP contribution in [0.4, 0.5) is 0 Å². The van der Waals surface area contributed by atoms with Gasteiger partial charge in [-0.3, -0.25) is 14.4 Å². The van der Waals surface area contributed by atoms with Crippen LogP contribution in [0, 0.1) is 0 Å². The Morgan fingerprint density at radius 1 is 0.373 bits per heavy atom. The zero-order valence-electron chi connectivity index (χ0n) is 38.5.